The Morgan fingerprint density at radius 1 is 1.32 bits per heavy atom. The summed E-state index contributed by atoms with van der Waals surface area (Å²) in [6.07, 6.45) is -0.0945. The second-order valence-corrected chi connectivity index (χ2v) is 8.68. The van der Waals surface area contributed by atoms with E-state index in [2.05, 4.69) is 19.4 Å². The number of rotatable bonds is 12. The van der Waals surface area contributed by atoms with Crippen molar-refractivity contribution < 1.29 is 29.3 Å². The first-order chi connectivity index (χ1) is 14.7. The van der Waals surface area contributed by atoms with Crippen LogP contribution in [-0.4, -0.2) is 93.5 Å². The monoisotopic (exact) mass is 459 g/mol. The third kappa shape index (κ3) is 8.56. The van der Waals surface area contributed by atoms with Crippen molar-refractivity contribution in [2.45, 2.75) is 45.3 Å². The average molecular weight is 460 g/mol. The molecule has 2 amide bonds. The number of urea groups is 1. The fourth-order valence-electron chi connectivity index (χ4n) is 2.94. The highest BCUT2D eigenvalue weighted by Gasteiger charge is 2.24. The number of hydrogen-bond acceptors (Lipinski definition) is 9. The lowest BCUT2D eigenvalue weighted by atomic mass is 10.0. The Bertz CT molecular complexity index is 710. The van der Waals surface area contributed by atoms with Crippen molar-refractivity contribution >= 4 is 23.7 Å². The van der Waals surface area contributed by atoms with E-state index in [4.69, 9.17) is 9.47 Å². The van der Waals surface area contributed by atoms with Gasteiger partial charge in [0, 0.05) is 38.1 Å². The Kier molecular flexibility index (Phi) is 9.88. The molecule has 2 atom stereocenters. The number of nitrogens with one attached hydrogen (secondary N) is 2. The smallest absolute Gasteiger partial charge is 0.317 e. The highest BCUT2D eigenvalue weighted by Crippen LogP contribution is 2.21. The number of aliphatic carboxylic acids is 1. The normalized spacial score (nSPS) is 16.6. The molecule has 31 heavy (non-hydrogen) atoms. The number of carbonyl (C=O) groups is 2. The van der Waals surface area contributed by atoms with Crippen LogP contribution in [0.25, 0.3) is 0 Å². The van der Waals surface area contributed by atoms with Gasteiger partial charge in [-0.2, -0.15) is 4.37 Å². The first-order valence-corrected chi connectivity index (χ1v) is 11.2. The standard InChI is InChI=1S/C19H33N5O6S/c1-4-13(17(26)27)9-15-16(23-31-22-15)30-11-14(25)10-21-19(2,3)12-20-18(28)24-5-7-29-8-6-24/h13-14,21,25H,4-12H2,1-3H3,(H,20,28)(H,26,27). The molecule has 2 rings (SSSR count). The fraction of sp³-hybridized carbons (Fsp3) is 0.789. The molecular formula is C19H33N5O6S. The summed E-state index contributed by atoms with van der Waals surface area (Å²) in [6.45, 7) is 8.55. The van der Waals surface area contributed by atoms with Crippen molar-refractivity contribution in [2.24, 2.45) is 5.92 Å². The molecular weight excluding hydrogens is 426 g/mol. The Morgan fingerprint density at radius 3 is 2.68 bits per heavy atom. The first-order valence-electron chi connectivity index (χ1n) is 10.4. The lowest BCUT2D eigenvalue weighted by Gasteiger charge is -2.31. The van der Waals surface area contributed by atoms with Crippen LogP contribution in [0.4, 0.5) is 4.79 Å². The van der Waals surface area contributed by atoms with Crippen LogP contribution in [0.2, 0.25) is 0 Å². The molecule has 0 saturated carbocycles. The third-order valence-electron chi connectivity index (χ3n) is 5.01. The maximum absolute atomic E-state index is 12.2. The van der Waals surface area contributed by atoms with Crippen LogP contribution in [0.15, 0.2) is 0 Å². The summed E-state index contributed by atoms with van der Waals surface area (Å²) in [6, 6.07) is -0.127. The molecule has 1 fully saturated rings. The van der Waals surface area contributed by atoms with Crippen LogP contribution in [0.1, 0.15) is 32.9 Å². The maximum Gasteiger partial charge on any atom is 0.317 e. The molecule has 1 aromatic heterocycles. The van der Waals surface area contributed by atoms with E-state index in [1.165, 1.54) is 0 Å². The van der Waals surface area contributed by atoms with E-state index < -0.39 is 23.5 Å². The highest BCUT2D eigenvalue weighted by atomic mass is 32.1. The van der Waals surface area contributed by atoms with Crippen LogP contribution in [0, 0.1) is 5.92 Å². The van der Waals surface area contributed by atoms with Crippen molar-refractivity contribution in [2.75, 3.05) is 46.0 Å². The van der Waals surface area contributed by atoms with Gasteiger partial charge in [0.15, 0.2) is 0 Å². The number of hydrogen-bond donors (Lipinski definition) is 4. The minimum atomic E-state index is -0.881. The average Bonchev–Trinajstić information content (AvgIpc) is 3.20. The largest absolute Gasteiger partial charge is 0.481 e. The van der Waals surface area contributed by atoms with Crippen LogP contribution < -0.4 is 15.4 Å². The lowest BCUT2D eigenvalue weighted by Crippen LogP contribution is -2.54. The van der Waals surface area contributed by atoms with E-state index in [0.717, 1.165) is 11.7 Å². The number of carboxylic acid groups (broad SMARTS) is 1. The minimum Gasteiger partial charge on any atom is -0.481 e. The zero-order chi connectivity index (χ0) is 22.9. The quantitative estimate of drug-likeness (QED) is 0.347. The van der Waals surface area contributed by atoms with Gasteiger partial charge in [0.2, 0.25) is 5.88 Å². The molecule has 12 heteroatoms. The number of amides is 2. The second kappa shape index (κ2) is 12.1. The molecule has 2 heterocycles. The van der Waals surface area contributed by atoms with Crippen molar-refractivity contribution in [3.63, 3.8) is 0 Å². The molecule has 1 aliphatic heterocycles. The topological polar surface area (TPSA) is 146 Å². The number of nitrogens with zero attached hydrogens (tertiary/aromatic N) is 3. The molecule has 0 spiro atoms. The van der Waals surface area contributed by atoms with Gasteiger partial charge in [-0.05, 0) is 20.3 Å². The van der Waals surface area contributed by atoms with Crippen molar-refractivity contribution in [1.82, 2.24) is 24.3 Å². The van der Waals surface area contributed by atoms with Gasteiger partial charge in [0.05, 0.1) is 30.9 Å². The molecule has 11 nitrogen and oxygen atoms in total. The van der Waals surface area contributed by atoms with Crippen LogP contribution in [0.3, 0.4) is 0 Å². The number of carboxylic acids is 1. The van der Waals surface area contributed by atoms with E-state index in [9.17, 15) is 19.8 Å². The number of morpholine rings is 1. The van der Waals surface area contributed by atoms with Crippen LogP contribution in [-0.2, 0) is 16.0 Å². The van der Waals surface area contributed by atoms with Gasteiger partial charge in [-0.25, -0.2) is 4.79 Å². The summed E-state index contributed by atoms with van der Waals surface area (Å²) in [4.78, 5) is 25.2. The molecule has 1 saturated heterocycles. The lowest BCUT2D eigenvalue weighted by molar-refractivity contribution is -0.141. The van der Waals surface area contributed by atoms with Gasteiger partial charge < -0.3 is 35.2 Å². The zero-order valence-corrected chi connectivity index (χ0v) is 19.1. The number of ether oxygens (including phenoxy) is 2. The first kappa shape index (κ1) is 25.2. The van der Waals surface area contributed by atoms with E-state index >= 15 is 0 Å². The molecule has 1 aliphatic rings. The minimum absolute atomic E-state index is 0.00844. The second-order valence-electron chi connectivity index (χ2n) is 8.15. The van der Waals surface area contributed by atoms with Crippen molar-refractivity contribution in [1.29, 1.82) is 0 Å². The SMILES string of the molecule is CCC(Cc1nsnc1OCC(O)CNC(C)(C)CNC(=O)N1CCOCC1)C(=O)O. The molecule has 0 aliphatic carbocycles. The van der Waals surface area contributed by atoms with Crippen LogP contribution in [0.5, 0.6) is 5.88 Å². The molecule has 0 radical (unpaired) electrons. The van der Waals surface area contributed by atoms with Gasteiger partial charge in [-0.1, -0.05) is 6.92 Å². The van der Waals surface area contributed by atoms with Crippen molar-refractivity contribution in [3.05, 3.63) is 5.69 Å². The van der Waals surface area contributed by atoms with E-state index in [-0.39, 0.29) is 31.5 Å². The van der Waals surface area contributed by atoms with Gasteiger partial charge in [0.1, 0.15) is 18.4 Å². The Hall–Kier alpha value is -2.02. The highest BCUT2D eigenvalue weighted by molar-refractivity contribution is 6.99. The van der Waals surface area contributed by atoms with Gasteiger partial charge in [-0.15, -0.1) is 4.37 Å². The molecule has 0 bridgehead atoms. The van der Waals surface area contributed by atoms with Gasteiger partial charge in [-0.3, -0.25) is 4.79 Å². The summed E-state index contributed by atoms with van der Waals surface area (Å²) >= 11 is 0.953. The number of aromatic nitrogens is 2. The summed E-state index contributed by atoms with van der Waals surface area (Å²) in [5, 5.41) is 25.6. The molecule has 2 unspecified atom stereocenters. The maximum atomic E-state index is 12.2. The predicted molar refractivity (Wildman–Crippen MR) is 114 cm³/mol. The number of β-amino-alcohol motifs (C(OH)–C–C–N with tert-alkyl or cyclic N) is 1. The molecule has 4 N–H and O–H groups in total. The van der Waals surface area contributed by atoms with Gasteiger partial charge >= 0.3 is 12.0 Å². The van der Waals surface area contributed by atoms with Crippen molar-refractivity contribution in [3.8, 4) is 5.88 Å². The summed E-state index contributed by atoms with van der Waals surface area (Å²) < 4.78 is 19.0. The van der Waals surface area contributed by atoms with E-state index in [0.29, 0.717) is 45.0 Å². The summed E-state index contributed by atoms with van der Waals surface area (Å²) in [5.74, 6) is -1.17. The Labute approximate surface area is 186 Å². The predicted octanol–water partition coefficient (Wildman–Crippen LogP) is 0.341. The summed E-state index contributed by atoms with van der Waals surface area (Å²) in [7, 11) is 0. The molecule has 1 aromatic rings. The Balaban J connectivity index is 1.72. The third-order valence-corrected chi connectivity index (χ3v) is 5.56. The van der Waals surface area contributed by atoms with E-state index in [1.807, 2.05) is 13.8 Å². The van der Waals surface area contributed by atoms with Crippen LogP contribution >= 0.6 is 11.7 Å². The number of aliphatic hydroxyl groups excluding tert-OH is 1. The van der Waals surface area contributed by atoms with E-state index in [1.54, 1.807) is 11.8 Å². The van der Waals surface area contributed by atoms with Gasteiger partial charge in [0.25, 0.3) is 0 Å². The molecule has 176 valence electrons. The summed E-state index contributed by atoms with van der Waals surface area (Å²) in [5.41, 5.74) is 0.0529. The number of carbonyl (C=O) groups excluding carboxylic acids is 1. The number of aliphatic hydroxyl groups is 1. The zero-order valence-electron chi connectivity index (χ0n) is 18.3. The fourth-order valence-corrected chi connectivity index (χ4v) is 3.46. The molecule has 0 aromatic carbocycles. The Morgan fingerprint density at radius 2 is 2.03 bits per heavy atom.